The Labute approximate surface area is 157 Å². The van der Waals surface area contributed by atoms with Crippen molar-refractivity contribution in [1.82, 2.24) is 5.32 Å². The van der Waals surface area contributed by atoms with Crippen molar-refractivity contribution in [1.29, 1.82) is 0 Å². The molecule has 2 aromatic carbocycles. The Kier molecular flexibility index (Phi) is 5.97. The average molecular weight is 376 g/mol. The fourth-order valence-corrected chi connectivity index (χ4v) is 4.05. The molecular weight excluding hydrogens is 354 g/mol. The van der Waals surface area contributed by atoms with Gasteiger partial charge in [-0.1, -0.05) is 23.7 Å². The predicted molar refractivity (Wildman–Crippen MR) is 106 cm³/mol. The molecule has 1 aromatic heterocycles. The minimum absolute atomic E-state index is 0.248. The Morgan fingerprint density at radius 1 is 1.24 bits per heavy atom. The first-order valence-electron chi connectivity index (χ1n) is 8.28. The van der Waals surface area contributed by atoms with Gasteiger partial charge in [0.25, 0.3) is 0 Å². The molecule has 1 heterocycles. The van der Waals surface area contributed by atoms with Crippen molar-refractivity contribution < 1.29 is 9.84 Å². The van der Waals surface area contributed by atoms with Crippen molar-refractivity contribution >= 4 is 33.0 Å². The standard InChI is InChI=1S/C20H22ClNO2S/c1-13(22-11-19(23)14-4-3-5-16(21)9-14)8-15-12-25-20-7-6-17(24-2)10-18(15)20/h3-7,9-10,12-13,19,22-23H,8,11H2,1-2H3. The number of halogens is 1. The van der Waals surface area contributed by atoms with Gasteiger partial charge in [0, 0.05) is 22.3 Å². The van der Waals surface area contributed by atoms with E-state index in [0.29, 0.717) is 11.6 Å². The summed E-state index contributed by atoms with van der Waals surface area (Å²) < 4.78 is 6.60. The van der Waals surface area contributed by atoms with E-state index in [1.807, 2.05) is 24.3 Å². The molecule has 0 aliphatic rings. The molecule has 2 unspecified atom stereocenters. The summed E-state index contributed by atoms with van der Waals surface area (Å²) in [4.78, 5) is 0. The SMILES string of the molecule is COc1ccc2scc(CC(C)NCC(O)c3cccc(Cl)c3)c2c1. The second-order valence-corrected chi connectivity index (χ2v) is 7.55. The van der Waals surface area contributed by atoms with Crippen LogP contribution in [-0.2, 0) is 6.42 Å². The van der Waals surface area contributed by atoms with Crippen LogP contribution in [0.5, 0.6) is 5.75 Å². The van der Waals surface area contributed by atoms with E-state index in [-0.39, 0.29) is 6.04 Å². The number of aliphatic hydroxyl groups excluding tert-OH is 1. The number of fused-ring (bicyclic) bond motifs is 1. The lowest BCUT2D eigenvalue weighted by molar-refractivity contribution is 0.170. The predicted octanol–water partition coefficient (Wildman–Crippen LogP) is 4.82. The summed E-state index contributed by atoms with van der Waals surface area (Å²) >= 11 is 7.74. The van der Waals surface area contributed by atoms with E-state index in [0.717, 1.165) is 17.7 Å². The van der Waals surface area contributed by atoms with E-state index in [4.69, 9.17) is 16.3 Å². The van der Waals surface area contributed by atoms with E-state index in [2.05, 4.69) is 29.8 Å². The van der Waals surface area contributed by atoms with Crippen LogP contribution in [0.4, 0.5) is 0 Å². The van der Waals surface area contributed by atoms with Crippen LogP contribution in [0.3, 0.4) is 0 Å². The van der Waals surface area contributed by atoms with Crippen molar-refractivity contribution in [3.05, 3.63) is 64.0 Å². The van der Waals surface area contributed by atoms with Gasteiger partial charge >= 0.3 is 0 Å². The van der Waals surface area contributed by atoms with Crippen LogP contribution in [0.15, 0.2) is 47.8 Å². The van der Waals surface area contributed by atoms with Gasteiger partial charge in [0.2, 0.25) is 0 Å². The lowest BCUT2D eigenvalue weighted by Crippen LogP contribution is -2.32. The summed E-state index contributed by atoms with van der Waals surface area (Å²) in [6.07, 6.45) is 0.329. The maximum absolute atomic E-state index is 10.3. The zero-order valence-corrected chi connectivity index (χ0v) is 15.9. The van der Waals surface area contributed by atoms with Gasteiger partial charge in [-0.15, -0.1) is 11.3 Å². The summed E-state index contributed by atoms with van der Waals surface area (Å²) in [5.41, 5.74) is 2.13. The largest absolute Gasteiger partial charge is 0.497 e. The number of hydrogen-bond donors (Lipinski definition) is 2. The Bertz CT molecular complexity index is 849. The minimum atomic E-state index is -0.569. The number of aliphatic hydroxyl groups is 1. The highest BCUT2D eigenvalue weighted by Crippen LogP contribution is 2.30. The van der Waals surface area contributed by atoms with Gasteiger partial charge in [-0.25, -0.2) is 0 Å². The van der Waals surface area contributed by atoms with E-state index in [1.165, 1.54) is 15.6 Å². The highest BCUT2D eigenvalue weighted by atomic mass is 35.5. The van der Waals surface area contributed by atoms with Gasteiger partial charge in [0.05, 0.1) is 13.2 Å². The van der Waals surface area contributed by atoms with Crippen LogP contribution in [-0.4, -0.2) is 24.8 Å². The molecule has 25 heavy (non-hydrogen) atoms. The highest BCUT2D eigenvalue weighted by molar-refractivity contribution is 7.17. The van der Waals surface area contributed by atoms with Crippen LogP contribution in [0.2, 0.25) is 5.02 Å². The second kappa shape index (κ2) is 8.19. The average Bonchev–Trinajstić information content (AvgIpc) is 3.01. The maximum atomic E-state index is 10.3. The summed E-state index contributed by atoms with van der Waals surface area (Å²) in [5, 5.41) is 17.8. The molecule has 0 bridgehead atoms. The second-order valence-electron chi connectivity index (χ2n) is 6.21. The lowest BCUT2D eigenvalue weighted by Gasteiger charge is -2.17. The molecular formula is C20H22ClNO2S. The first-order valence-corrected chi connectivity index (χ1v) is 9.53. The highest BCUT2D eigenvalue weighted by Gasteiger charge is 2.12. The molecule has 2 N–H and O–H groups in total. The van der Waals surface area contributed by atoms with E-state index < -0.39 is 6.10 Å². The normalized spacial score (nSPS) is 13.8. The number of benzene rings is 2. The third-order valence-electron chi connectivity index (χ3n) is 4.28. The van der Waals surface area contributed by atoms with Crippen molar-refractivity contribution in [3.63, 3.8) is 0 Å². The first-order chi connectivity index (χ1) is 12.1. The Morgan fingerprint density at radius 3 is 2.84 bits per heavy atom. The topological polar surface area (TPSA) is 41.5 Å². The first kappa shape index (κ1) is 18.2. The van der Waals surface area contributed by atoms with Gasteiger partial charge in [-0.05, 0) is 65.6 Å². The number of nitrogens with one attached hydrogen (secondary N) is 1. The van der Waals surface area contributed by atoms with E-state index >= 15 is 0 Å². The number of thiophene rings is 1. The molecule has 0 radical (unpaired) electrons. The van der Waals surface area contributed by atoms with Crippen LogP contribution < -0.4 is 10.1 Å². The zero-order valence-electron chi connectivity index (χ0n) is 14.3. The van der Waals surface area contributed by atoms with Crippen LogP contribution in [0.25, 0.3) is 10.1 Å². The molecule has 3 aromatic rings. The van der Waals surface area contributed by atoms with Gasteiger partial charge < -0.3 is 15.2 Å². The van der Waals surface area contributed by atoms with Crippen molar-refractivity contribution in [2.45, 2.75) is 25.5 Å². The van der Waals surface area contributed by atoms with Crippen LogP contribution >= 0.6 is 22.9 Å². The molecule has 2 atom stereocenters. The Hall–Kier alpha value is -1.59. The molecule has 3 nitrogen and oxygen atoms in total. The Balaban J connectivity index is 1.62. The lowest BCUT2D eigenvalue weighted by atomic mass is 10.0. The van der Waals surface area contributed by atoms with Gasteiger partial charge in [0.1, 0.15) is 5.75 Å². The molecule has 0 fully saturated rings. The number of ether oxygens (including phenoxy) is 1. The molecule has 0 saturated carbocycles. The minimum Gasteiger partial charge on any atom is -0.497 e. The monoisotopic (exact) mass is 375 g/mol. The van der Waals surface area contributed by atoms with Gasteiger partial charge in [-0.2, -0.15) is 0 Å². The molecule has 5 heteroatoms. The smallest absolute Gasteiger partial charge is 0.119 e. The maximum Gasteiger partial charge on any atom is 0.119 e. The van der Waals surface area contributed by atoms with E-state index in [1.54, 1.807) is 24.5 Å². The van der Waals surface area contributed by atoms with Gasteiger partial charge in [0.15, 0.2) is 0 Å². The summed E-state index contributed by atoms with van der Waals surface area (Å²) in [5.74, 6) is 0.879. The molecule has 132 valence electrons. The third kappa shape index (κ3) is 4.53. The fourth-order valence-electron chi connectivity index (χ4n) is 2.89. The van der Waals surface area contributed by atoms with Crippen molar-refractivity contribution in [2.75, 3.05) is 13.7 Å². The van der Waals surface area contributed by atoms with Crippen LogP contribution in [0.1, 0.15) is 24.2 Å². The molecule has 3 rings (SSSR count). The summed E-state index contributed by atoms with van der Waals surface area (Å²) in [6.45, 7) is 2.63. The Morgan fingerprint density at radius 2 is 2.08 bits per heavy atom. The number of rotatable bonds is 7. The zero-order chi connectivity index (χ0) is 17.8. The summed E-state index contributed by atoms with van der Waals surface area (Å²) in [6, 6.07) is 13.8. The molecule has 0 aliphatic carbocycles. The quantitative estimate of drug-likeness (QED) is 0.622. The van der Waals surface area contributed by atoms with Gasteiger partial charge in [-0.3, -0.25) is 0 Å². The molecule has 0 saturated heterocycles. The van der Waals surface area contributed by atoms with E-state index in [9.17, 15) is 5.11 Å². The van der Waals surface area contributed by atoms with Crippen LogP contribution in [0, 0.1) is 0 Å². The molecule has 0 amide bonds. The fraction of sp³-hybridized carbons (Fsp3) is 0.300. The number of hydrogen-bond acceptors (Lipinski definition) is 4. The molecule has 0 spiro atoms. The summed E-state index contributed by atoms with van der Waals surface area (Å²) in [7, 11) is 1.69. The number of methoxy groups -OCH3 is 1. The third-order valence-corrected chi connectivity index (χ3v) is 5.53. The molecule has 0 aliphatic heterocycles. The van der Waals surface area contributed by atoms with Crippen molar-refractivity contribution in [2.24, 2.45) is 0 Å². The van der Waals surface area contributed by atoms with Crippen molar-refractivity contribution in [3.8, 4) is 5.75 Å².